The van der Waals surface area contributed by atoms with Gasteiger partial charge < -0.3 is 5.73 Å². The van der Waals surface area contributed by atoms with Crippen LogP contribution in [0.5, 0.6) is 0 Å². The van der Waals surface area contributed by atoms with Crippen LogP contribution >= 0.6 is 12.4 Å². The first-order valence-electron chi connectivity index (χ1n) is 2.87. The fourth-order valence-corrected chi connectivity index (χ4v) is 1.03. The molecule has 5 nitrogen and oxygen atoms in total. The maximum atomic E-state index is 5.60. The number of rotatable bonds is 0. The molecule has 1 atom stereocenters. The minimum Gasteiger partial charge on any atom is -0.326 e. The van der Waals surface area contributed by atoms with Crippen LogP contribution in [0.25, 0.3) is 0 Å². The zero-order chi connectivity index (χ0) is 6.27. The molecule has 0 fully saturated rings. The van der Waals surface area contributed by atoms with Gasteiger partial charge in [0.15, 0.2) is 5.82 Å². The predicted octanol–water partition coefficient (Wildman–Crippen LogP) is -1.02. The molecule has 2 heterocycles. The van der Waals surface area contributed by atoms with Gasteiger partial charge in [-0.15, -0.1) is 17.5 Å². The van der Waals surface area contributed by atoms with Crippen LogP contribution in [0.15, 0.2) is 0 Å². The highest BCUT2D eigenvalue weighted by Gasteiger charge is 2.19. The van der Waals surface area contributed by atoms with Crippen molar-refractivity contribution >= 4 is 12.4 Å². The van der Waals surface area contributed by atoms with Gasteiger partial charge >= 0.3 is 0 Å². The average molecular weight is 162 g/mol. The summed E-state index contributed by atoms with van der Waals surface area (Å²) in [4.78, 5) is 0. The first-order valence-corrected chi connectivity index (χ1v) is 2.87. The summed E-state index contributed by atoms with van der Waals surface area (Å²) >= 11 is 0. The van der Waals surface area contributed by atoms with Crippen LogP contribution in [0.3, 0.4) is 0 Å². The third-order valence-electron chi connectivity index (χ3n) is 1.46. The van der Waals surface area contributed by atoms with Crippen LogP contribution in [-0.2, 0) is 13.0 Å². The molecule has 0 saturated carbocycles. The van der Waals surface area contributed by atoms with Crippen molar-refractivity contribution in [2.45, 2.75) is 19.0 Å². The number of fused-ring (bicyclic) bond motifs is 1. The van der Waals surface area contributed by atoms with Gasteiger partial charge in [-0.3, -0.25) is 0 Å². The van der Waals surface area contributed by atoms with E-state index < -0.39 is 0 Å². The summed E-state index contributed by atoms with van der Waals surface area (Å²) in [6.45, 7) is 0.766. The number of hydrogen-bond acceptors (Lipinski definition) is 4. The van der Waals surface area contributed by atoms with E-state index in [1.54, 1.807) is 4.68 Å². The smallest absolute Gasteiger partial charge is 0.152 e. The number of hydrogen-bond donors (Lipinski definition) is 1. The van der Waals surface area contributed by atoms with E-state index in [0.29, 0.717) is 0 Å². The summed E-state index contributed by atoms with van der Waals surface area (Å²) in [6.07, 6.45) is 0.812. The highest BCUT2D eigenvalue weighted by molar-refractivity contribution is 5.85. The van der Waals surface area contributed by atoms with Crippen molar-refractivity contribution in [3.8, 4) is 0 Å². The molecule has 0 radical (unpaired) electrons. The molecular weight excluding hydrogens is 154 g/mol. The molecule has 1 aromatic rings. The average Bonchev–Trinajstić information content (AvgIpc) is 2.22. The molecule has 0 spiro atoms. The Labute approximate surface area is 64.0 Å². The van der Waals surface area contributed by atoms with E-state index in [1.165, 1.54) is 0 Å². The normalized spacial score (nSPS) is 21.9. The Kier molecular flexibility index (Phi) is 1.87. The molecule has 1 aromatic heterocycles. The molecule has 56 valence electrons. The monoisotopic (exact) mass is 161 g/mol. The van der Waals surface area contributed by atoms with Crippen LogP contribution in [0.1, 0.15) is 5.82 Å². The molecule has 0 aliphatic carbocycles. The van der Waals surface area contributed by atoms with Crippen molar-refractivity contribution in [1.29, 1.82) is 0 Å². The standard InChI is InChI=1S/C4H7N5.ClH/c5-3-1-4-6-7-8-9(4)2-3;/h3H,1-2,5H2;1H. The Balaban J connectivity index is 0.000000500. The Hall–Kier alpha value is -0.680. The van der Waals surface area contributed by atoms with Crippen LogP contribution in [0.2, 0.25) is 0 Å². The molecule has 1 aliphatic rings. The second-order valence-electron chi connectivity index (χ2n) is 2.24. The Bertz CT molecular complexity index is 201. The van der Waals surface area contributed by atoms with Crippen molar-refractivity contribution in [2.75, 3.05) is 0 Å². The van der Waals surface area contributed by atoms with Crippen LogP contribution in [0, 0.1) is 0 Å². The molecule has 10 heavy (non-hydrogen) atoms. The van der Waals surface area contributed by atoms with E-state index in [9.17, 15) is 0 Å². The summed E-state index contributed by atoms with van der Waals surface area (Å²) in [6, 6.07) is 0.197. The SMILES string of the molecule is Cl.NC1Cc2nnnn2C1. The first-order chi connectivity index (χ1) is 4.36. The van der Waals surface area contributed by atoms with Gasteiger partial charge in [0.05, 0.1) is 6.54 Å². The lowest BCUT2D eigenvalue weighted by Crippen LogP contribution is -2.21. The summed E-state index contributed by atoms with van der Waals surface area (Å²) in [7, 11) is 0. The van der Waals surface area contributed by atoms with Crippen molar-refractivity contribution in [1.82, 2.24) is 20.2 Å². The van der Waals surface area contributed by atoms with Gasteiger partial charge in [0, 0.05) is 12.5 Å². The topological polar surface area (TPSA) is 69.6 Å². The molecule has 0 aromatic carbocycles. The first kappa shape index (κ1) is 7.43. The van der Waals surface area contributed by atoms with Crippen LogP contribution in [0.4, 0.5) is 0 Å². The number of halogens is 1. The van der Waals surface area contributed by atoms with E-state index in [2.05, 4.69) is 15.5 Å². The van der Waals surface area contributed by atoms with Gasteiger partial charge in [-0.05, 0) is 10.4 Å². The highest BCUT2D eigenvalue weighted by Crippen LogP contribution is 2.06. The number of aromatic nitrogens is 4. The minimum absolute atomic E-state index is 0. The molecule has 0 saturated heterocycles. The third-order valence-corrected chi connectivity index (χ3v) is 1.46. The van der Waals surface area contributed by atoms with Gasteiger partial charge in [0.2, 0.25) is 0 Å². The van der Waals surface area contributed by atoms with E-state index >= 15 is 0 Å². The maximum absolute atomic E-state index is 5.60. The fraction of sp³-hybridized carbons (Fsp3) is 0.750. The van der Waals surface area contributed by atoms with Crippen molar-refractivity contribution in [2.24, 2.45) is 5.73 Å². The second kappa shape index (κ2) is 2.51. The minimum atomic E-state index is 0. The van der Waals surface area contributed by atoms with Gasteiger partial charge in [-0.1, -0.05) is 0 Å². The van der Waals surface area contributed by atoms with Crippen molar-refractivity contribution in [3.63, 3.8) is 0 Å². The van der Waals surface area contributed by atoms with Gasteiger partial charge in [0.25, 0.3) is 0 Å². The number of tetrazole rings is 1. The van der Waals surface area contributed by atoms with Gasteiger partial charge in [0.1, 0.15) is 0 Å². The summed E-state index contributed by atoms with van der Waals surface area (Å²) in [5, 5.41) is 11.0. The van der Waals surface area contributed by atoms with E-state index in [-0.39, 0.29) is 18.4 Å². The third kappa shape index (κ3) is 0.975. The molecule has 1 unspecified atom stereocenters. The largest absolute Gasteiger partial charge is 0.326 e. The molecule has 0 bridgehead atoms. The maximum Gasteiger partial charge on any atom is 0.152 e. The fourth-order valence-electron chi connectivity index (χ4n) is 1.03. The van der Waals surface area contributed by atoms with Crippen LogP contribution < -0.4 is 5.73 Å². The molecule has 2 rings (SSSR count). The summed E-state index contributed by atoms with van der Waals surface area (Å²) in [5.74, 6) is 0.905. The summed E-state index contributed by atoms with van der Waals surface area (Å²) < 4.78 is 1.74. The number of nitrogens with zero attached hydrogens (tertiary/aromatic N) is 4. The van der Waals surface area contributed by atoms with Crippen molar-refractivity contribution < 1.29 is 0 Å². The zero-order valence-electron chi connectivity index (χ0n) is 5.27. The lowest BCUT2D eigenvalue weighted by Gasteiger charge is -1.94. The molecule has 2 N–H and O–H groups in total. The lowest BCUT2D eigenvalue weighted by atomic mass is 10.3. The summed E-state index contributed by atoms with van der Waals surface area (Å²) in [5.41, 5.74) is 5.60. The van der Waals surface area contributed by atoms with Crippen LogP contribution in [-0.4, -0.2) is 26.2 Å². The Morgan fingerprint density at radius 2 is 2.40 bits per heavy atom. The molecule has 1 aliphatic heterocycles. The molecule has 0 amide bonds. The molecular formula is C4H8ClN5. The quantitative estimate of drug-likeness (QED) is 0.529. The van der Waals surface area contributed by atoms with E-state index in [4.69, 9.17) is 5.73 Å². The van der Waals surface area contributed by atoms with E-state index in [1.807, 2.05) is 0 Å². The lowest BCUT2D eigenvalue weighted by molar-refractivity contribution is 0.565. The van der Waals surface area contributed by atoms with Gasteiger partial charge in [-0.2, -0.15) is 0 Å². The zero-order valence-corrected chi connectivity index (χ0v) is 6.08. The number of nitrogens with two attached hydrogens (primary N) is 1. The molecule has 6 heteroatoms. The Morgan fingerprint density at radius 3 is 3.10 bits per heavy atom. The highest BCUT2D eigenvalue weighted by atomic mass is 35.5. The predicted molar refractivity (Wildman–Crippen MR) is 36.7 cm³/mol. The van der Waals surface area contributed by atoms with E-state index in [0.717, 1.165) is 18.8 Å². The van der Waals surface area contributed by atoms with Gasteiger partial charge in [-0.25, -0.2) is 4.68 Å². The Morgan fingerprint density at radius 1 is 1.60 bits per heavy atom. The van der Waals surface area contributed by atoms with Crippen molar-refractivity contribution in [3.05, 3.63) is 5.82 Å². The second-order valence-corrected chi connectivity index (χ2v) is 2.24.